The number of carbonyl (C=O) groups is 1. The Balaban J connectivity index is 1.58. The van der Waals surface area contributed by atoms with Gasteiger partial charge in [0.2, 0.25) is 10.9 Å². The molecule has 35 heavy (non-hydrogen) atoms. The SMILES string of the molecule is COc1ccc(-c2nc(C(F)(F)F)sc2N2CCN(C(=O)Cn3nc(C)nc3C)C(C)C2)cc1F. The fourth-order valence-corrected chi connectivity index (χ4v) is 5.08. The van der Waals surface area contributed by atoms with Crippen LogP contribution in [0.2, 0.25) is 0 Å². The summed E-state index contributed by atoms with van der Waals surface area (Å²) in [7, 11) is 1.31. The number of thiazole rings is 1. The highest BCUT2D eigenvalue weighted by atomic mass is 32.1. The fraction of sp³-hybridized carbons (Fsp3) is 0.455. The van der Waals surface area contributed by atoms with Gasteiger partial charge in [0.1, 0.15) is 28.9 Å². The van der Waals surface area contributed by atoms with Gasteiger partial charge in [-0.3, -0.25) is 4.79 Å². The van der Waals surface area contributed by atoms with E-state index in [4.69, 9.17) is 4.74 Å². The summed E-state index contributed by atoms with van der Waals surface area (Å²) in [6, 6.07) is 3.67. The summed E-state index contributed by atoms with van der Waals surface area (Å²) in [6.07, 6.45) is -4.64. The lowest BCUT2D eigenvalue weighted by Crippen LogP contribution is -2.54. The summed E-state index contributed by atoms with van der Waals surface area (Å²) in [6.45, 7) is 6.28. The monoisotopic (exact) mass is 512 g/mol. The molecule has 0 radical (unpaired) electrons. The molecule has 1 fully saturated rings. The number of benzene rings is 1. The summed E-state index contributed by atoms with van der Waals surface area (Å²) < 4.78 is 61.3. The number of methoxy groups -OCH3 is 1. The van der Waals surface area contributed by atoms with Gasteiger partial charge in [0, 0.05) is 31.2 Å². The van der Waals surface area contributed by atoms with Crippen molar-refractivity contribution in [2.24, 2.45) is 0 Å². The second-order valence-corrected chi connectivity index (χ2v) is 9.24. The number of carbonyl (C=O) groups excluding carboxylic acids is 1. The summed E-state index contributed by atoms with van der Waals surface area (Å²) in [4.78, 5) is 24.4. The lowest BCUT2D eigenvalue weighted by Gasteiger charge is -2.40. The molecule has 8 nitrogen and oxygen atoms in total. The molecule has 1 aliphatic rings. The van der Waals surface area contributed by atoms with Crippen molar-refractivity contribution in [1.29, 1.82) is 0 Å². The molecular formula is C22H24F4N6O2S. The molecule has 1 aliphatic heterocycles. The third-order valence-electron chi connectivity index (χ3n) is 5.76. The van der Waals surface area contributed by atoms with Crippen LogP contribution in [0.4, 0.5) is 22.6 Å². The van der Waals surface area contributed by atoms with E-state index in [2.05, 4.69) is 15.1 Å². The first-order valence-electron chi connectivity index (χ1n) is 10.8. The number of aryl methyl sites for hydroxylation is 2. The molecule has 0 spiro atoms. The van der Waals surface area contributed by atoms with Gasteiger partial charge in [0.25, 0.3) is 0 Å². The minimum absolute atomic E-state index is 0.0138. The molecule has 2 aromatic heterocycles. The number of amides is 1. The maximum Gasteiger partial charge on any atom is 0.443 e. The summed E-state index contributed by atoms with van der Waals surface area (Å²) >= 11 is 0.513. The molecule has 1 unspecified atom stereocenters. The predicted octanol–water partition coefficient (Wildman–Crippen LogP) is 3.92. The predicted molar refractivity (Wildman–Crippen MR) is 122 cm³/mol. The third kappa shape index (κ3) is 5.09. The molecule has 1 aromatic carbocycles. The topological polar surface area (TPSA) is 76.4 Å². The number of rotatable bonds is 5. The van der Waals surface area contributed by atoms with Crippen molar-refractivity contribution in [3.63, 3.8) is 0 Å². The minimum Gasteiger partial charge on any atom is -0.494 e. The molecule has 3 aromatic rings. The maximum absolute atomic E-state index is 14.3. The van der Waals surface area contributed by atoms with Crippen molar-refractivity contribution < 1.29 is 27.1 Å². The Labute approximate surface area is 203 Å². The normalized spacial score (nSPS) is 16.6. The first kappa shape index (κ1) is 24.9. The van der Waals surface area contributed by atoms with E-state index in [1.165, 1.54) is 23.9 Å². The lowest BCUT2D eigenvalue weighted by atomic mass is 10.1. The fourth-order valence-electron chi connectivity index (χ4n) is 4.09. The van der Waals surface area contributed by atoms with Gasteiger partial charge in [-0.2, -0.15) is 18.3 Å². The van der Waals surface area contributed by atoms with Crippen molar-refractivity contribution in [2.75, 3.05) is 31.6 Å². The standard InChI is InChI=1S/C22H24F4N6O2S/c1-12-10-30(7-8-31(12)18(33)11-32-14(3)27-13(2)29-32)20-19(28-21(35-20)22(24,25)26)15-5-6-17(34-4)16(23)9-15/h5-6,9,12H,7-8,10-11H2,1-4H3. The number of ether oxygens (including phenoxy) is 1. The summed E-state index contributed by atoms with van der Waals surface area (Å²) in [5.74, 6) is 0.340. The molecule has 0 N–H and O–H groups in total. The van der Waals surface area contributed by atoms with Crippen LogP contribution in [0, 0.1) is 19.7 Å². The average molecular weight is 513 g/mol. The highest BCUT2D eigenvalue weighted by molar-refractivity contribution is 7.16. The Morgan fingerprint density at radius 1 is 1.23 bits per heavy atom. The number of nitrogens with zero attached hydrogens (tertiary/aromatic N) is 6. The number of anilines is 1. The van der Waals surface area contributed by atoms with E-state index >= 15 is 0 Å². The Morgan fingerprint density at radius 2 is 1.97 bits per heavy atom. The van der Waals surface area contributed by atoms with Crippen LogP contribution in [0.3, 0.4) is 0 Å². The Kier molecular flexibility index (Phi) is 6.71. The maximum atomic E-state index is 14.3. The van der Waals surface area contributed by atoms with Gasteiger partial charge >= 0.3 is 6.18 Å². The number of aromatic nitrogens is 4. The van der Waals surface area contributed by atoms with Crippen molar-refractivity contribution in [3.8, 4) is 17.0 Å². The van der Waals surface area contributed by atoms with Gasteiger partial charge < -0.3 is 14.5 Å². The van der Waals surface area contributed by atoms with Crippen LogP contribution in [0.5, 0.6) is 5.75 Å². The van der Waals surface area contributed by atoms with Crippen molar-refractivity contribution in [3.05, 3.63) is 40.7 Å². The average Bonchev–Trinajstić information content (AvgIpc) is 3.36. The number of hydrogen-bond donors (Lipinski definition) is 0. The zero-order valence-corrected chi connectivity index (χ0v) is 20.4. The smallest absolute Gasteiger partial charge is 0.443 e. The van der Waals surface area contributed by atoms with Crippen LogP contribution in [0.1, 0.15) is 23.6 Å². The highest BCUT2D eigenvalue weighted by Gasteiger charge is 2.38. The molecule has 1 amide bonds. The molecule has 0 aliphatic carbocycles. The van der Waals surface area contributed by atoms with Crippen LogP contribution in [0.15, 0.2) is 18.2 Å². The van der Waals surface area contributed by atoms with E-state index in [0.717, 1.165) is 6.07 Å². The van der Waals surface area contributed by atoms with Crippen LogP contribution in [0.25, 0.3) is 11.3 Å². The zero-order valence-electron chi connectivity index (χ0n) is 19.6. The zero-order chi connectivity index (χ0) is 25.5. The number of hydrogen-bond acceptors (Lipinski definition) is 7. The van der Waals surface area contributed by atoms with Gasteiger partial charge in [-0.1, -0.05) is 11.3 Å². The minimum atomic E-state index is -4.64. The largest absolute Gasteiger partial charge is 0.494 e. The highest BCUT2D eigenvalue weighted by Crippen LogP contribution is 2.43. The molecule has 188 valence electrons. The second kappa shape index (κ2) is 9.44. The van der Waals surface area contributed by atoms with Gasteiger partial charge in [-0.05, 0) is 39.0 Å². The first-order valence-corrected chi connectivity index (χ1v) is 11.6. The van der Waals surface area contributed by atoms with Crippen molar-refractivity contribution in [2.45, 2.75) is 39.5 Å². The van der Waals surface area contributed by atoms with Gasteiger partial charge in [-0.15, -0.1) is 0 Å². The Morgan fingerprint density at radius 3 is 2.54 bits per heavy atom. The van der Waals surface area contributed by atoms with Crippen LogP contribution in [-0.2, 0) is 17.5 Å². The van der Waals surface area contributed by atoms with E-state index in [1.54, 1.807) is 23.6 Å². The van der Waals surface area contributed by atoms with Crippen LogP contribution >= 0.6 is 11.3 Å². The summed E-state index contributed by atoms with van der Waals surface area (Å²) in [5, 5.41) is 3.49. The number of piperazine rings is 1. The molecular weight excluding hydrogens is 488 g/mol. The van der Waals surface area contributed by atoms with Gasteiger partial charge in [0.05, 0.1) is 7.11 Å². The molecule has 0 bridgehead atoms. The van der Waals surface area contributed by atoms with E-state index in [9.17, 15) is 22.4 Å². The Hall–Kier alpha value is -3.22. The van der Waals surface area contributed by atoms with E-state index < -0.39 is 17.0 Å². The molecule has 1 atom stereocenters. The molecule has 4 rings (SSSR count). The van der Waals surface area contributed by atoms with Gasteiger partial charge in [-0.25, -0.2) is 19.0 Å². The lowest BCUT2D eigenvalue weighted by molar-refractivity contribution is -0.137. The quantitative estimate of drug-likeness (QED) is 0.483. The molecule has 1 saturated heterocycles. The van der Waals surface area contributed by atoms with Crippen LogP contribution in [-0.4, -0.2) is 63.3 Å². The number of alkyl halides is 3. The molecule has 3 heterocycles. The van der Waals surface area contributed by atoms with Crippen LogP contribution < -0.4 is 9.64 Å². The number of halogens is 4. The second-order valence-electron chi connectivity index (χ2n) is 8.27. The van der Waals surface area contributed by atoms with E-state index in [1.807, 2.05) is 6.92 Å². The molecule has 13 heteroatoms. The molecule has 0 saturated carbocycles. The van der Waals surface area contributed by atoms with Crippen molar-refractivity contribution in [1.82, 2.24) is 24.6 Å². The summed E-state index contributed by atoms with van der Waals surface area (Å²) in [5.41, 5.74) is 0.262. The van der Waals surface area contributed by atoms with Crippen molar-refractivity contribution >= 4 is 22.2 Å². The van der Waals surface area contributed by atoms with E-state index in [0.29, 0.717) is 42.6 Å². The Bertz CT molecular complexity index is 1240. The van der Waals surface area contributed by atoms with E-state index in [-0.39, 0.29) is 40.5 Å². The van der Waals surface area contributed by atoms with Gasteiger partial charge in [0.15, 0.2) is 11.6 Å². The first-order chi connectivity index (χ1) is 16.5. The third-order valence-corrected chi connectivity index (χ3v) is 6.92.